The second-order valence-corrected chi connectivity index (χ2v) is 8.12. The molecule has 0 N–H and O–H groups in total. The van der Waals surface area contributed by atoms with Crippen molar-refractivity contribution >= 4 is 6.09 Å². The van der Waals surface area contributed by atoms with Gasteiger partial charge in [-0.15, -0.1) is 0 Å². The Bertz CT molecular complexity index is 1140. The maximum Gasteiger partial charge on any atom is 0.419 e. The highest BCUT2D eigenvalue weighted by atomic mass is 16.5. The maximum atomic E-state index is 13.1. The lowest BCUT2D eigenvalue weighted by Crippen LogP contribution is -2.21. The van der Waals surface area contributed by atoms with Crippen LogP contribution in [-0.4, -0.2) is 22.3 Å². The van der Waals surface area contributed by atoms with Crippen LogP contribution in [0.2, 0.25) is 0 Å². The summed E-state index contributed by atoms with van der Waals surface area (Å²) in [6, 6.07) is 26.5. The lowest BCUT2D eigenvalue weighted by atomic mass is 9.92. The van der Waals surface area contributed by atoms with Gasteiger partial charge in [0.05, 0.1) is 0 Å². The van der Waals surface area contributed by atoms with E-state index in [0.717, 1.165) is 16.7 Å². The predicted molar refractivity (Wildman–Crippen MR) is 127 cm³/mol. The molecule has 0 radical (unpaired) electrons. The number of rotatable bonds is 6. The number of hydrogen-bond acceptors (Lipinski definition) is 3. The molecule has 4 heteroatoms. The van der Waals surface area contributed by atoms with Crippen molar-refractivity contribution in [3.8, 4) is 0 Å². The molecule has 0 spiro atoms. The normalized spacial score (nSPS) is 12.0. The number of benzene rings is 3. The summed E-state index contributed by atoms with van der Waals surface area (Å²) in [5.74, 6) is 0.612. The molecule has 3 aromatic carbocycles. The highest BCUT2D eigenvalue weighted by Crippen LogP contribution is 2.28. The third kappa shape index (κ3) is 4.50. The van der Waals surface area contributed by atoms with Crippen LogP contribution >= 0.6 is 0 Å². The molecule has 0 fully saturated rings. The molecule has 4 rings (SSSR count). The van der Waals surface area contributed by atoms with Crippen LogP contribution in [0.15, 0.2) is 91.3 Å². The van der Waals surface area contributed by atoms with Crippen molar-refractivity contribution in [3.63, 3.8) is 0 Å². The molecule has 0 amide bonds. The smallest absolute Gasteiger partial charge is 0.419 e. The molecule has 0 unspecified atom stereocenters. The van der Waals surface area contributed by atoms with Crippen molar-refractivity contribution in [1.29, 1.82) is 0 Å². The van der Waals surface area contributed by atoms with Gasteiger partial charge >= 0.3 is 6.09 Å². The second-order valence-electron chi connectivity index (χ2n) is 8.12. The highest BCUT2D eigenvalue weighted by Gasteiger charge is 2.22. The Morgan fingerprint density at radius 1 is 0.906 bits per heavy atom. The Balaban J connectivity index is 1.56. The Kier molecular flexibility index (Phi) is 6.50. The molecule has 1 atom stereocenters. The summed E-state index contributed by atoms with van der Waals surface area (Å²) in [4.78, 5) is 17.6. The fraction of sp³-hybridized carbons (Fsp3) is 0.214. The van der Waals surface area contributed by atoms with Gasteiger partial charge in [-0.3, -0.25) is 0 Å². The van der Waals surface area contributed by atoms with E-state index in [1.165, 1.54) is 15.7 Å². The monoisotopic (exact) mass is 424 g/mol. The predicted octanol–water partition coefficient (Wildman–Crippen LogP) is 6.47. The summed E-state index contributed by atoms with van der Waals surface area (Å²) in [6.07, 6.45) is 2.93. The Morgan fingerprint density at radius 3 is 2.16 bits per heavy atom. The molecule has 4 aromatic rings. The van der Waals surface area contributed by atoms with Crippen molar-refractivity contribution in [3.05, 3.63) is 125 Å². The van der Waals surface area contributed by atoms with Gasteiger partial charge < -0.3 is 4.74 Å². The Labute approximate surface area is 189 Å². The molecule has 1 aromatic heterocycles. The lowest BCUT2D eigenvalue weighted by molar-refractivity contribution is 0.143. The molecular weight excluding hydrogens is 396 g/mol. The second kappa shape index (κ2) is 9.65. The molecule has 0 saturated carbocycles. The summed E-state index contributed by atoms with van der Waals surface area (Å²) in [7, 11) is 0. The fourth-order valence-corrected chi connectivity index (χ4v) is 4.15. The minimum absolute atomic E-state index is 0.0310. The van der Waals surface area contributed by atoms with E-state index in [9.17, 15) is 4.79 Å². The average molecular weight is 425 g/mol. The summed E-state index contributed by atoms with van der Waals surface area (Å²) < 4.78 is 7.35. The van der Waals surface area contributed by atoms with Gasteiger partial charge in [-0.25, -0.2) is 14.3 Å². The highest BCUT2D eigenvalue weighted by molar-refractivity contribution is 5.71. The Hall–Kier alpha value is -3.66. The largest absolute Gasteiger partial charge is 0.448 e. The van der Waals surface area contributed by atoms with E-state index in [0.29, 0.717) is 5.82 Å². The molecule has 0 saturated heterocycles. The molecule has 1 heterocycles. The van der Waals surface area contributed by atoms with Gasteiger partial charge in [0, 0.05) is 24.2 Å². The van der Waals surface area contributed by atoms with Crippen LogP contribution in [-0.2, 0) is 4.74 Å². The van der Waals surface area contributed by atoms with Crippen molar-refractivity contribution in [2.45, 2.75) is 32.6 Å². The first kappa shape index (κ1) is 21.6. The number of aryl methyl sites for hydroxylation is 1. The molecule has 0 aliphatic rings. The first-order valence-corrected chi connectivity index (χ1v) is 10.9. The molecule has 32 heavy (non-hydrogen) atoms. The minimum atomic E-state index is -0.411. The molecule has 0 aliphatic carbocycles. The minimum Gasteiger partial charge on any atom is -0.448 e. The zero-order valence-corrected chi connectivity index (χ0v) is 18.7. The van der Waals surface area contributed by atoms with Gasteiger partial charge in [-0.1, -0.05) is 85.8 Å². The summed E-state index contributed by atoms with van der Waals surface area (Å²) in [5.41, 5.74) is 5.83. The molecular formula is C28H28N2O2. The zero-order chi connectivity index (χ0) is 22.5. The molecule has 0 bridgehead atoms. The number of carbonyl (C=O) groups excluding carboxylic acids is 1. The van der Waals surface area contributed by atoms with Crippen LogP contribution in [0, 0.1) is 13.8 Å². The van der Waals surface area contributed by atoms with Gasteiger partial charge in [0.15, 0.2) is 0 Å². The number of hydrogen-bond donors (Lipinski definition) is 0. The number of imidazole rings is 1. The topological polar surface area (TPSA) is 44.1 Å². The standard InChI is InChI=1S/C28H28N2O2/c1-20-11-10-16-25(21(20)2)22(3)27-29-17-18-30(27)28(31)32-19-26(23-12-6-4-7-13-23)24-14-8-5-9-15-24/h4-18,22,26H,19H2,1-3H3/t22-/m0/s1. The fourth-order valence-electron chi connectivity index (χ4n) is 4.15. The van der Waals surface area contributed by atoms with Gasteiger partial charge in [0.2, 0.25) is 0 Å². The first-order valence-electron chi connectivity index (χ1n) is 10.9. The van der Waals surface area contributed by atoms with Crippen LogP contribution in [0.1, 0.15) is 52.4 Å². The van der Waals surface area contributed by atoms with Gasteiger partial charge in [-0.05, 0) is 41.7 Å². The molecule has 162 valence electrons. The van der Waals surface area contributed by atoms with Crippen LogP contribution in [0.25, 0.3) is 0 Å². The van der Waals surface area contributed by atoms with Crippen molar-refractivity contribution in [2.75, 3.05) is 6.61 Å². The quantitative estimate of drug-likeness (QED) is 0.356. The van der Waals surface area contributed by atoms with Crippen LogP contribution in [0.4, 0.5) is 4.79 Å². The number of aromatic nitrogens is 2. The van der Waals surface area contributed by atoms with Crippen LogP contribution in [0.5, 0.6) is 0 Å². The van der Waals surface area contributed by atoms with E-state index < -0.39 is 6.09 Å². The van der Waals surface area contributed by atoms with Gasteiger partial charge in [0.25, 0.3) is 0 Å². The average Bonchev–Trinajstić information content (AvgIpc) is 3.32. The lowest BCUT2D eigenvalue weighted by Gasteiger charge is -2.20. The Morgan fingerprint density at radius 2 is 1.53 bits per heavy atom. The van der Waals surface area contributed by atoms with E-state index in [1.54, 1.807) is 12.4 Å². The number of nitrogens with zero attached hydrogens (tertiary/aromatic N) is 2. The number of ether oxygens (including phenoxy) is 1. The molecule has 0 aliphatic heterocycles. The third-order valence-electron chi connectivity index (χ3n) is 6.14. The zero-order valence-electron chi connectivity index (χ0n) is 18.7. The number of carbonyl (C=O) groups is 1. The molecule has 4 nitrogen and oxygen atoms in total. The van der Waals surface area contributed by atoms with Crippen molar-refractivity contribution < 1.29 is 9.53 Å². The summed E-state index contributed by atoms with van der Waals surface area (Å²) >= 11 is 0. The van der Waals surface area contributed by atoms with Gasteiger partial charge in [-0.2, -0.15) is 0 Å². The first-order chi connectivity index (χ1) is 15.6. The third-order valence-corrected chi connectivity index (χ3v) is 6.14. The van der Waals surface area contributed by atoms with E-state index in [-0.39, 0.29) is 18.4 Å². The van der Waals surface area contributed by atoms with Gasteiger partial charge in [0.1, 0.15) is 12.4 Å². The van der Waals surface area contributed by atoms with Crippen LogP contribution < -0.4 is 0 Å². The van der Waals surface area contributed by atoms with E-state index >= 15 is 0 Å². The van der Waals surface area contributed by atoms with E-state index in [4.69, 9.17) is 4.74 Å². The van der Waals surface area contributed by atoms with Crippen molar-refractivity contribution in [1.82, 2.24) is 9.55 Å². The van der Waals surface area contributed by atoms with Crippen molar-refractivity contribution in [2.24, 2.45) is 0 Å². The maximum absolute atomic E-state index is 13.1. The summed E-state index contributed by atoms with van der Waals surface area (Å²) in [5, 5.41) is 0. The van der Waals surface area contributed by atoms with Crippen LogP contribution in [0.3, 0.4) is 0 Å². The van der Waals surface area contributed by atoms with E-state index in [2.05, 4.69) is 62.2 Å². The van der Waals surface area contributed by atoms with E-state index in [1.807, 2.05) is 42.5 Å². The summed E-state index contributed by atoms with van der Waals surface area (Å²) in [6.45, 7) is 6.53. The SMILES string of the molecule is Cc1cccc([C@H](C)c2nccn2C(=O)OCC(c2ccccc2)c2ccccc2)c1C.